The molecule has 4 heterocycles. The monoisotopic (exact) mass is 745 g/mol. The fraction of sp³-hybridized carbons (Fsp3) is 0.487. The number of aromatic nitrogens is 3. The maximum atomic E-state index is 13.7. The van der Waals surface area contributed by atoms with Gasteiger partial charge < -0.3 is 25.0 Å². The molecule has 0 bridgehead atoms. The molecular formula is C39H48ClN7O4S. The first-order chi connectivity index (χ1) is 25.0. The first kappa shape index (κ1) is 36.7. The molecule has 2 aromatic carbocycles. The van der Waals surface area contributed by atoms with Crippen molar-refractivity contribution >= 4 is 40.4 Å². The van der Waals surface area contributed by atoms with Crippen LogP contribution in [0.25, 0.3) is 21.7 Å². The van der Waals surface area contributed by atoms with E-state index in [9.17, 15) is 19.8 Å². The third-order valence-electron chi connectivity index (χ3n) is 11.2. The van der Waals surface area contributed by atoms with Gasteiger partial charge in [0.25, 0.3) is 5.91 Å². The fourth-order valence-electron chi connectivity index (χ4n) is 7.92. The maximum absolute atomic E-state index is 13.7. The Morgan fingerprint density at radius 1 is 1.02 bits per heavy atom. The number of benzene rings is 2. The Hall–Kier alpha value is -3.65. The summed E-state index contributed by atoms with van der Waals surface area (Å²) in [5.41, 5.74) is 7.34. The smallest absolute Gasteiger partial charge is 0.291 e. The van der Waals surface area contributed by atoms with Crippen molar-refractivity contribution < 1.29 is 19.8 Å². The number of hydrogen-bond donors (Lipinski definition) is 3. The highest BCUT2D eigenvalue weighted by Gasteiger charge is 2.31. The lowest BCUT2D eigenvalue weighted by Gasteiger charge is -2.34. The molecule has 52 heavy (non-hydrogen) atoms. The molecule has 0 atom stereocenters. The molecule has 0 unspecified atom stereocenters. The van der Waals surface area contributed by atoms with Gasteiger partial charge in [-0.05, 0) is 69.3 Å². The van der Waals surface area contributed by atoms with E-state index in [2.05, 4.69) is 23.2 Å². The van der Waals surface area contributed by atoms with Crippen LogP contribution in [0.3, 0.4) is 0 Å². The van der Waals surface area contributed by atoms with Gasteiger partial charge in [-0.15, -0.1) is 11.3 Å². The van der Waals surface area contributed by atoms with Crippen LogP contribution in [-0.4, -0.2) is 90.8 Å². The number of anilines is 1. The third kappa shape index (κ3) is 7.42. The molecule has 11 nitrogen and oxygen atoms in total. The zero-order chi connectivity index (χ0) is 36.7. The second-order valence-corrected chi connectivity index (χ2v) is 16.1. The Morgan fingerprint density at radius 2 is 1.75 bits per heavy atom. The Labute approximate surface area is 314 Å². The molecule has 13 heteroatoms. The van der Waals surface area contributed by atoms with Gasteiger partial charge in [-0.2, -0.15) is 0 Å². The van der Waals surface area contributed by atoms with E-state index in [4.69, 9.17) is 21.6 Å². The number of halogens is 1. The van der Waals surface area contributed by atoms with Crippen LogP contribution < -0.4 is 5.32 Å². The lowest BCUT2D eigenvalue weighted by Crippen LogP contribution is -2.37. The minimum atomic E-state index is -1.22. The number of carbonyl (C=O) groups excluding carboxylic acids is 2. The van der Waals surface area contributed by atoms with E-state index in [0.717, 1.165) is 101 Å². The minimum absolute atomic E-state index is 0.0152. The lowest BCUT2D eigenvalue weighted by atomic mass is 9.81. The van der Waals surface area contributed by atoms with Crippen molar-refractivity contribution in [3.63, 3.8) is 0 Å². The first-order valence-electron chi connectivity index (χ1n) is 18.3. The van der Waals surface area contributed by atoms with Crippen molar-refractivity contribution in [1.29, 1.82) is 0 Å². The molecule has 0 radical (unpaired) electrons. The van der Waals surface area contributed by atoms with Gasteiger partial charge in [0.1, 0.15) is 5.01 Å². The predicted octanol–water partition coefficient (Wildman–Crippen LogP) is 5.69. The van der Waals surface area contributed by atoms with E-state index in [-0.39, 0.29) is 17.7 Å². The Kier molecular flexibility index (Phi) is 10.8. The maximum Gasteiger partial charge on any atom is 0.291 e. The SMILES string of the molecule is CCN(C)CC(=O)N1Cc2nc(-c3cccc(-c4cccc(NC(=O)c5nc6c(n5C)CCN(CC5CCC(C(O)O)CC5)C6)c4Cl)c3C)sc2C1. The molecule has 2 amide bonds. The normalized spacial score (nSPS) is 19.0. The third-order valence-corrected chi connectivity index (χ3v) is 12.7. The van der Waals surface area contributed by atoms with Crippen LogP contribution in [-0.2, 0) is 37.9 Å². The summed E-state index contributed by atoms with van der Waals surface area (Å²) in [7, 11) is 3.86. The van der Waals surface area contributed by atoms with Gasteiger partial charge in [-0.3, -0.25) is 19.4 Å². The number of amides is 2. The average molecular weight is 746 g/mol. The van der Waals surface area contributed by atoms with Crippen LogP contribution in [0, 0.1) is 18.8 Å². The second kappa shape index (κ2) is 15.4. The van der Waals surface area contributed by atoms with E-state index in [1.54, 1.807) is 11.3 Å². The number of hydrogen-bond acceptors (Lipinski definition) is 9. The molecule has 0 saturated heterocycles. The standard InChI is InChI=1S/C39H48ClN7O4S/c1-5-44(3)22-34(48)47-20-31-33(21-47)52-38(43-31)27-9-6-8-26(23(27)2)28-10-7-11-29(35(28)40)42-37(49)36-41-30-19-46(17-16-32(30)45(36)4)18-24-12-14-25(15-13-24)39(50)51/h6-11,24-25,39,50-51H,5,12-22H2,1-4H3,(H,42,49). The summed E-state index contributed by atoms with van der Waals surface area (Å²) >= 11 is 8.68. The number of carbonyl (C=O) groups is 2. The fourth-order valence-corrected chi connectivity index (χ4v) is 9.37. The van der Waals surface area contributed by atoms with Crippen LogP contribution in [0.1, 0.15) is 70.7 Å². The Balaban J connectivity index is 1.03. The van der Waals surface area contributed by atoms with Crippen molar-refractivity contribution in [2.24, 2.45) is 18.9 Å². The lowest BCUT2D eigenvalue weighted by molar-refractivity contribution is -0.132. The van der Waals surface area contributed by atoms with Gasteiger partial charge in [0.15, 0.2) is 12.1 Å². The quantitative estimate of drug-likeness (QED) is 0.177. The van der Waals surface area contributed by atoms with Gasteiger partial charge in [0, 0.05) is 60.7 Å². The topological polar surface area (TPSA) is 127 Å². The van der Waals surface area contributed by atoms with Gasteiger partial charge in [-0.25, -0.2) is 9.97 Å². The molecule has 3 aliphatic rings. The highest BCUT2D eigenvalue weighted by Crippen LogP contribution is 2.41. The summed E-state index contributed by atoms with van der Waals surface area (Å²) in [6.07, 6.45) is 3.29. The van der Waals surface area contributed by atoms with Crippen LogP contribution >= 0.6 is 22.9 Å². The summed E-state index contributed by atoms with van der Waals surface area (Å²) < 4.78 is 1.91. The van der Waals surface area contributed by atoms with Crippen molar-refractivity contribution in [3.8, 4) is 21.7 Å². The molecule has 2 aliphatic heterocycles. The van der Waals surface area contributed by atoms with Gasteiger partial charge in [-0.1, -0.05) is 48.9 Å². The molecular weight excluding hydrogens is 698 g/mol. The summed E-state index contributed by atoms with van der Waals surface area (Å²) in [6, 6.07) is 11.8. The zero-order valence-electron chi connectivity index (χ0n) is 30.4. The number of rotatable bonds is 10. The van der Waals surface area contributed by atoms with Crippen molar-refractivity contribution in [2.45, 2.75) is 71.9 Å². The number of imidazole rings is 1. The summed E-state index contributed by atoms with van der Waals surface area (Å²) in [4.78, 5) is 43.7. The molecule has 1 fully saturated rings. The molecule has 3 N–H and O–H groups in total. The number of aliphatic hydroxyl groups is 2. The average Bonchev–Trinajstić information content (AvgIpc) is 3.81. The second-order valence-electron chi connectivity index (χ2n) is 14.6. The van der Waals surface area contributed by atoms with Crippen LogP contribution in [0.2, 0.25) is 5.02 Å². The minimum Gasteiger partial charge on any atom is -0.368 e. The molecule has 1 aliphatic carbocycles. The summed E-state index contributed by atoms with van der Waals surface area (Å²) in [5.74, 6) is 0.693. The molecule has 7 rings (SSSR count). The highest BCUT2D eigenvalue weighted by atomic mass is 35.5. The van der Waals surface area contributed by atoms with Crippen molar-refractivity contribution in [1.82, 2.24) is 29.2 Å². The predicted molar refractivity (Wildman–Crippen MR) is 204 cm³/mol. The van der Waals surface area contributed by atoms with Crippen molar-refractivity contribution in [3.05, 3.63) is 74.8 Å². The number of fused-ring (bicyclic) bond motifs is 2. The van der Waals surface area contributed by atoms with E-state index < -0.39 is 6.29 Å². The van der Waals surface area contributed by atoms with E-state index in [1.165, 1.54) is 0 Å². The van der Waals surface area contributed by atoms with Crippen molar-refractivity contribution in [2.75, 3.05) is 38.5 Å². The van der Waals surface area contributed by atoms with Gasteiger partial charge in [0.05, 0.1) is 41.7 Å². The van der Waals surface area contributed by atoms with E-state index in [0.29, 0.717) is 48.6 Å². The molecule has 4 aromatic rings. The summed E-state index contributed by atoms with van der Waals surface area (Å²) in [6.45, 7) is 9.02. The molecule has 1 saturated carbocycles. The Bertz CT molecular complexity index is 1940. The van der Waals surface area contributed by atoms with Gasteiger partial charge >= 0.3 is 0 Å². The largest absolute Gasteiger partial charge is 0.368 e. The van der Waals surface area contributed by atoms with Gasteiger partial charge in [0.2, 0.25) is 5.91 Å². The molecule has 276 valence electrons. The summed E-state index contributed by atoms with van der Waals surface area (Å²) in [5, 5.41) is 23.5. The van der Waals surface area contributed by atoms with E-state index in [1.807, 2.05) is 65.7 Å². The van der Waals surface area contributed by atoms with Crippen LogP contribution in [0.4, 0.5) is 5.69 Å². The number of likely N-dealkylation sites (N-methyl/N-ethyl adjacent to an activating group) is 1. The highest BCUT2D eigenvalue weighted by molar-refractivity contribution is 7.15. The number of thiazole rings is 1. The molecule has 2 aromatic heterocycles. The van der Waals surface area contributed by atoms with Crippen LogP contribution in [0.15, 0.2) is 36.4 Å². The zero-order valence-corrected chi connectivity index (χ0v) is 31.9. The number of nitrogens with zero attached hydrogens (tertiary/aromatic N) is 6. The van der Waals surface area contributed by atoms with Crippen LogP contribution in [0.5, 0.6) is 0 Å². The first-order valence-corrected chi connectivity index (χ1v) is 19.5. The number of nitrogens with one attached hydrogen (secondary N) is 1. The van der Waals surface area contributed by atoms with E-state index >= 15 is 0 Å². The Morgan fingerprint density at radius 3 is 2.48 bits per heavy atom. The molecule has 0 spiro atoms. The number of aliphatic hydroxyl groups excluding tert-OH is 1.